The zero-order valence-electron chi connectivity index (χ0n) is 12.5. The summed E-state index contributed by atoms with van der Waals surface area (Å²) < 4.78 is 6.91. The zero-order valence-corrected chi connectivity index (χ0v) is 12.5. The molecule has 0 aliphatic rings. The molecule has 2 aromatic heterocycles. The molecular weight excluding hydrogens is 268 g/mol. The Labute approximate surface area is 124 Å². The van der Waals surface area contributed by atoms with Crippen molar-refractivity contribution < 1.29 is 9.53 Å². The molecule has 6 nitrogen and oxygen atoms in total. The van der Waals surface area contributed by atoms with E-state index in [1.165, 1.54) is 0 Å². The number of carbonyl (C=O) groups excluding carboxylic acids is 1. The highest BCUT2D eigenvalue weighted by Gasteiger charge is 2.18. The van der Waals surface area contributed by atoms with Crippen LogP contribution in [-0.2, 0) is 4.74 Å². The van der Waals surface area contributed by atoms with Crippen LogP contribution in [0.2, 0.25) is 0 Å². The monoisotopic (exact) mass is 288 g/mol. The van der Waals surface area contributed by atoms with E-state index in [4.69, 9.17) is 4.74 Å². The summed E-state index contributed by atoms with van der Waals surface area (Å²) in [5.74, 6) is -0.186. The number of nitrogens with zero attached hydrogens (tertiary/aromatic N) is 3. The highest BCUT2D eigenvalue weighted by Crippen LogP contribution is 2.12. The van der Waals surface area contributed by atoms with Crippen LogP contribution in [0.1, 0.15) is 42.0 Å². The van der Waals surface area contributed by atoms with E-state index in [0.29, 0.717) is 12.2 Å². The number of rotatable bonds is 6. The molecule has 112 valence electrons. The SMILES string of the molecule is COCC(NC(=O)c1cnn(C(C)C)c1)c1ccccn1. The molecule has 0 saturated carbocycles. The van der Waals surface area contributed by atoms with Crippen molar-refractivity contribution in [2.45, 2.75) is 25.9 Å². The molecule has 2 heterocycles. The van der Waals surface area contributed by atoms with E-state index < -0.39 is 0 Å². The Hall–Kier alpha value is -2.21. The van der Waals surface area contributed by atoms with Crippen LogP contribution in [0.5, 0.6) is 0 Å². The first-order valence-corrected chi connectivity index (χ1v) is 6.86. The van der Waals surface area contributed by atoms with Crippen molar-refractivity contribution in [1.29, 1.82) is 0 Å². The molecule has 0 fully saturated rings. The maximum absolute atomic E-state index is 12.3. The second-order valence-corrected chi connectivity index (χ2v) is 5.04. The molecule has 6 heteroatoms. The highest BCUT2D eigenvalue weighted by molar-refractivity contribution is 5.93. The number of amides is 1. The van der Waals surface area contributed by atoms with Crippen molar-refractivity contribution >= 4 is 5.91 Å². The van der Waals surface area contributed by atoms with Crippen LogP contribution in [0.25, 0.3) is 0 Å². The average molecular weight is 288 g/mol. The largest absolute Gasteiger partial charge is 0.382 e. The molecule has 21 heavy (non-hydrogen) atoms. The van der Waals surface area contributed by atoms with Gasteiger partial charge in [0.2, 0.25) is 0 Å². The third-order valence-corrected chi connectivity index (χ3v) is 3.08. The Kier molecular flexibility index (Phi) is 5.05. The Bertz CT molecular complexity index is 580. The van der Waals surface area contributed by atoms with Gasteiger partial charge in [0.25, 0.3) is 5.91 Å². The minimum absolute atomic E-state index is 0.186. The van der Waals surface area contributed by atoms with Crippen molar-refractivity contribution in [2.24, 2.45) is 0 Å². The quantitative estimate of drug-likeness (QED) is 0.882. The van der Waals surface area contributed by atoms with Gasteiger partial charge in [0.15, 0.2) is 0 Å². The van der Waals surface area contributed by atoms with Gasteiger partial charge < -0.3 is 10.1 Å². The van der Waals surface area contributed by atoms with Gasteiger partial charge in [-0.3, -0.25) is 14.5 Å². The molecule has 0 saturated heterocycles. The maximum atomic E-state index is 12.3. The number of ether oxygens (including phenoxy) is 1. The molecule has 1 amide bonds. The summed E-state index contributed by atoms with van der Waals surface area (Å²) in [6, 6.07) is 5.51. The molecule has 0 aromatic carbocycles. The van der Waals surface area contributed by atoms with Crippen molar-refractivity contribution in [3.8, 4) is 0 Å². The maximum Gasteiger partial charge on any atom is 0.255 e. The van der Waals surface area contributed by atoms with Gasteiger partial charge in [-0.1, -0.05) is 6.07 Å². The van der Waals surface area contributed by atoms with Crippen LogP contribution in [-0.4, -0.2) is 34.4 Å². The van der Waals surface area contributed by atoms with Gasteiger partial charge in [-0.25, -0.2) is 0 Å². The Morgan fingerprint density at radius 1 is 1.43 bits per heavy atom. The van der Waals surface area contributed by atoms with Crippen molar-refractivity contribution in [2.75, 3.05) is 13.7 Å². The lowest BCUT2D eigenvalue weighted by Crippen LogP contribution is -2.31. The van der Waals surface area contributed by atoms with Crippen LogP contribution in [0.3, 0.4) is 0 Å². The fraction of sp³-hybridized carbons (Fsp3) is 0.400. The van der Waals surface area contributed by atoms with E-state index in [-0.39, 0.29) is 18.0 Å². The third kappa shape index (κ3) is 3.88. The minimum atomic E-state index is -0.286. The first kappa shape index (κ1) is 15.2. The number of hydrogen-bond donors (Lipinski definition) is 1. The summed E-state index contributed by atoms with van der Waals surface area (Å²) in [6.45, 7) is 4.38. The fourth-order valence-corrected chi connectivity index (χ4v) is 1.93. The molecule has 0 aliphatic carbocycles. The van der Waals surface area contributed by atoms with E-state index >= 15 is 0 Å². The number of pyridine rings is 1. The summed E-state index contributed by atoms with van der Waals surface area (Å²) in [4.78, 5) is 16.6. The normalized spacial score (nSPS) is 12.4. The van der Waals surface area contributed by atoms with Gasteiger partial charge in [-0.15, -0.1) is 0 Å². The van der Waals surface area contributed by atoms with E-state index in [2.05, 4.69) is 15.4 Å². The smallest absolute Gasteiger partial charge is 0.255 e. The van der Waals surface area contributed by atoms with Crippen molar-refractivity contribution in [3.63, 3.8) is 0 Å². The minimum Gasteiger partial charge on any atom is -0.382 e. The van der Waals surface area contributed by atoms with Crippen LogP contribution >= 0.6 is 0 Å². The molecule has 0 bridgehead atoms. The van der Waals surface area contributed by atoms with Crippen LogP contribution in [0, 0.1) is 0 Å². The van der Waals surface area contributed by atoms with Gasteiger partial charge in [-0.2, -0.15) is 5.10 Å². The molecule has 1 atom stereocenters. The van der Waals surface area contributed by atoms with Gasteiger partial charge in [-0.05, 0) is 26.0 Å². The summed E-state index contributed by atoms with van der Waals surface area (Å²) in [6.07, 6.45) is 5.00. The summed E-state index contributed by atoms with van der Waals surface area (Å²) in [7, 11) is 1.60. The second kappa shape index (κ2) is 6.99. The number of nitrogens with one attached hydrogen (secondary N) is 1. The Balaban J connectivity index is 2.11. The summed E-state index contributed by atoms with van der Waals surface area (Å²) in [5, 5.41) is 7.09. The molecule has 0 aliphatic heterocycles. The number of hydrogen-bond acceptors (Lipinski definition) is 4. The van der Waals surface area contributed by atoms with Gasteiger partial charge in [0, 0.05) is 25.5 Å². The standard InChI is InChI=1S/C15H20N4O2/c1-11(2)19-9-12(8-17-19)15(20)18-14(10-21-3)13-6-4-5-7-16-13/h4-9,11,14H,10H2,1-3H3,(H,18,20). The lowest BCUT2D eigenvalue weighted by Gasteiger charge is -2.16. The topological polar surface area (TPSA) is 69.0 Å². The van der Waals surface area contributed by atoms with Crippen LogP contribution in [0.15, 0.2) is 36.8 Å². The fourth-order valence-electron chi connectivity index (χ4n) is 1.93. The van der Waals surface area contributed by atoms with Crippen molar-refractivity contribution in [1.82, 2.24) is 20.1 Å². The van der Waals surface area contributed by atoms with Gasteiger partial charge in [0.1, 0.15) is 0 Å². The highest BCUT2D eigenvalue weighted by atomic mass is 16.5. The second-order valence-electron chi connectivity index (χ2n) is 5.04. The predicted molar refractivity (Wildman–Crippen MR) is 78.9 cm³/mol. The van der Waals surface area contributed by atoms with Crippen LogP contribution < -0.4 is 5.32 Å². The average Bonchev–Trinajstić information content (AvgIpc) is 2.98. The third-order valence-electron chi connectivity index (χ3n) is 3.08. The first-order chi connectivity index (χ1) is 10.1. The molecule has 1 unspecified atom stereocenters. The van der Waals surface area contributed by atoms with Crippen LogP contribution in [0.4, 0.5) is 0 Å². The molecule has 0 radical (unpaired) electrons. The summed E-state index contributed by atoms with van der Waals surface area (Å²) in [5.41, 5.74) is 1.30. The van der Waals surface area contributed by atoms with E-state index in [0.717, 1.165) is 5.69 Å². The zero-order chi connectivity index (χ0) is 15.2. The van der Waals surface area contributed by atoms with E-state index in [9.17, 15) is 4.79 Å². The molecule has 0 spiro atoms. The van der Waals surface area contributed by atoms with E-state index in [1.54, 1.807) is 30.4 Å². The molecular formula is C15H20N4O2. The number of aromatic nitrogens is 3. The first-order valence-electron chi connectivity index (χ1n) is 6.86. The molecule has 2 rings (SSSR count). The van der Waals surface area contributed by atoms with Crippen molar-refractivity contribution in [3.05, 3.63) is 48.0 Å². The Morgan fingerprint density at radius 3 is 2.81 bits per heavy atom. The number of methoxy groups -OCH3 is 1. The van der Waals surface area contributed by atoms with Gasteiger partial charge in [0.05, 0.1) is 30.1 Å². The van der Waals surface area contributed by atoms with E-state index in [1.807, 2.05) is 32.0 Å². The molecule has 1 N–H and O–H groups in total. The lowest BCUT2D eigenvalue weighted by atomic mass is 10.2. The lowest BCUT2D eigenvalue weighted by molar-refractivity contribution is 0.0894. The predicted octanol–water partition coefficient (Wildman–Crippen LogP) is 1.98. The summed E-state index contributed by atoms with van der Waals surface area (Å²) >= 11 is 0. The number of carbonyl (C=O) groups is 1. The van der Waals surface area contributed by atoms with Gasteiger partial charge >= 0.3 is 0 Å². The molecule has 2 aromatic rings. The Morgan fingerprint density at radius 2 is 2.24 bits per heavy atom.